The van der Waals surface area contributed by atoms with Crippen molar-refractivity contribution in [1.82, 2.24) is 0 Å². The molecule has 19 heavy (non-hydrogen) atoms. The van der Waals surface area contributed by atoms with Crippen LogP contribution in [0.5, 0.6) is 0 Å². The summed E-state index contributed by atoms with van der Waals surface area (Å²) in [4.78, 5) is 22.7. The Morgan fingerprint density at radius 2 is 2.11 bits per heavy atom. The Morgan fingerprint density at radius 1 is 1.42 bits per heavy atom. The number of carbonyl (C=O) groups excluding carboxylic acids is 2. The number of esters is 1. The summed E-state index contributed by atoms with van der Waals surface area (Å²) in [6, 6.07) is 5.98. The fourth-order valence-corrected chi connectivity index (χ4v) is 2.14. The lowest BCUT2D eigenvalue weighted by atomic mass is 10.3. The first-order chi connectivity index (χ1) is 9.04. The molecule has 0 aromatic heterocycles. The second-order valence-electron chi connectivity index (χ2n) is 3.81. The summed E-state index contributed by atoms with van der Waals surface area (Å²) < 4.78 is 17.8. The summed E-state index contributed by atoms with van der Waals surface area (Å²) in [6.07, 6.45) is 0.248. The predicted molar refractivity (Wildman–Crippen MR) is 73.6 cm³/mol. The van der Waals surface area contributed by atoms with Crippen molar-refractivity contribution in [2.45, 2.75) is 18.6 Å². The van der Waals surface area contributed by atoms with Crippen molar-refractivity contribution in [3.05, 3.63) is 30.1 Å². The average Bonchev–Trinajstić information content (AvgIpc) is 2.40. The number of hydrogen-bond acceptors (Lipinski definition) is 4. The highest BCUT2D eigenvalue weighted by atomic mass is 32.2. The summed E-state index contributed by atoms with van der Waals surface area (Å²) in [5.74, 6) is -0.588. The van der Waals surface area contributed by atoms with Crippen molar-refractivity contribution in [3.8, 4) is 0 Å². The quantitative estimate of drug-likeness (QED) is 0.816. The van der Waals surface area contributed by atoms with E-state index in [0.717, 1.165) is 0 Å². The van der Waals surface area contributed by atoms with Gasteiger partial charge in [0.05, 0.1) is 24.5 Å². The first kappa shape index (κ1) is 15.5. The molecule has 4 nitrogen and oxygen atoms in total. The average molecular weight is 285 g/mol. The number of hydrogen-bond donors (Lipinski definition) is 1. The molecule has 1 atom stereocenters. The molecule has 1 aromatic rings. The lowest BCUT2D eigenvalue weighted by Crippen LogP contribution is -2.23. The second kappa shape index (κ2) is 7.78. The van der Waals surface area contributed by atoms with Crippen LogP contribution < -0.4 is 5.32 Å². The first-order valence-corrected chi connectivity index (χ1v) is 6.83. The van der Waals surface area contributed by atoms with Gasteiger partial charge in [-0.2, -0.15) is 0 Å². The first-order valence-electron chi connectivity index (χ1n) is 5.78. The van der Waals surface area contributed by atoms with E-state index in [9.17, 15) is 14.0 Å². The van der Waals surface area contributed by atoms with Gasteiger partial charge in [0.25, 0.3) is 0 Å². The SMILES string of the molecule is COC(=O)CCS[C@H](C)C(=O)Nc1ccccc1F. The van der Waals surface area contributed by atoms with Crippen molar-refractivity contribution >= 4 is 29.3 Å². The highest BCUT2D eigenvalue weighted by Gasteiger charge is 2.15. The zero-order chi connectivity index (χ0) is 14.3. The minimum atomic E-state index is -0.470. The number of nitrogens with one attached hydrogen (secondary N) is 1. The topological polar surface area (TPSA) is 55.4 Å². The van der Waals surface area contributed by atoms with Crippen LogP contribution in [0.2, 0.25) is 0 Å². The molecule has 0 bridgehead atoms. The van der Waals surface area contributed by atoms with E-state index in [1.807, 2.05) is 0 Å². The lowest BCUT2D eigenvalue weighted by Gasteiger charge is -2.12. The molecule has 1 aromatic carbocycles. The Morgan fingerprint density at radius 3 is 2.74 bits per heavy atom. The third-order valence-electron chi connectivity index (χ3n) is 2.40. The summed E-state index contributed by atoms with van der Waals surface area (Å²) in [7, 11) is 1.32. The molecule has 0 aliphatic heterocycles. The van der Waals surface area contributed by atoms with Gasteiger partial charge in [-0.25, -0.2) is 4.39 Å². The zero-order valence-electron chi connectivity index (χ0n) is 10.8. The van der Waals surface area contributed by atoms with Crippen LogP contribution in [0.25, 0.3) is 0 Å². The van der Waals surface area contributed by atoms with Crippen LogP contribution in [0.1, 0.15) is 13.3 Å². The number of halogens is 1. The Balaban J connectivity index is 2.41. The highest BCUT2D eigenvalue weighted by Crippen LogP contribution is 2.17. The van der Waals surface area contributed by atoms with Crippen molar-refractivity contribution in [2.75, 3.05) is 18.2 Å². The summed E-state index contributed by atoms with van der Waals surface area (Å²) >= 11 is 1.32. The molecule has 1 amide bonds. The van der Waals surface area contributed by atoms with Gasteiger partial charge < -0.3 is 10.1 Å². The number of thioether (sulfide) groups is 1. The molecule has 0 aliphatic rings. The van der Waals surface area contributed by atoms with E-state index in [2.05, 4.69) is 10.1 Å². The highest BCUT2D eigenvalue weighted by molar-refractivity contribution is 8.00. The molecule has 1 N–H and O–H groups in total. The largest absolute Gasteiger partial charge is 0.469 e. The van der Waals surface area contributed by atoms with Gasteiger partial charge in [0.15, 0.2) is 0 Å². The summed E-state index contributed by atoms with van der Waals surface area (Å²) in [5.41, 5.74) is 0.160. The lowest BCUT2D eigenvalue weighted by molar-refractivity contribution is -0.140. The smallest absolute Gasteiger partial charge is 0.306 e. The Bertz CT molecular complexity index is 453. The van der Waals surface area contributed by atoms with Crippen LogP contribution >= 0.6 is 11.8 Å². The molecule has 0 saturated carbocycles. The fourth-order valence-electron chi connectivity index (χ4n) is 1.29. The van der Waals surface area contributed by atoms with E-state index in [4.69, 9.17) is 0 Å². The van der Waals surface area contributed by atoms with E-state index in [-0.39, 0.29) is 29.2 Å². The molecular formula is C13H16FNO3S. The molecule has 104 valence electrons. The van der Waals surface area contributed by atoms with Crippen molar-refractivity contribution in [3.63, 3.8) is 0 Å². The van der Waals surface area contributed by atoms with Gasteiger partial charge in [0.2, 0.25) is 5.91 Å². The maximum Gasteiger partial charge on any atom is 0.306 e. The predicted octanol–water partition coefficient (Wildman–Crippen LogP) is 2.45. The fraction of sp³-hybridized carbons (Fsp3) is 0.385. The maximum atomic E-state index is 13.3. The monoisotopic (exact) mass is 285 g/mol. The van der Waals surface area contributed by atoms with Gasteiger partial charge in [-0.05, 0) is 19.1 Å². The zero-order valence-corrected chi connectivity index (χ0v) is 11.6. The van der Waals surface area contributed by atoms with Crippen molar-refractivity contribution in [1.29, 1.82) is 0 Å². The van der Waals surface area contributed by atoms with E-state index in [1.165, 1.54) is 31.0 Å². The molecular weight excluding hydrogens is 269 g/mol. The van der Waals surface area contributed by atoms with E-state index >= 15 is 0 Å². The van der Waals surface area contributed by atoms with Gasteiger partial charge in [-0.15, -0.1) is 11.8 Å². The van der Waals surface area contributed by atoms with Gasteiger partial charge in [0.1, 0.15) is 5.82 Å². The maximum absolute atomic E-state index is 13.3. The van der Waals surface area contributed by atoms with Crippen LogP contribution in [-0.2, 0) is 14.3 Å². The molecule has 0 heterocycles. The summed E-state index contributed by atoms with van der Waals surface area (Å²) in [6.45, 7) is 1.71. The molecule has 0 unspecified atom stereocenters. The third kappa shape index (κ3) is 5.30. The normalized spacial score (nSPS) is 11.7. The number of anilines is 1. The molecule has 1 rings (SSSR count). The van der Waals surface area contributed by atoms with Crippen molar-refractivity contribution < 1.29 is 18.7 Å². The van der Waals surface area contributed by atoms with Crippen LogP contribution in [0.3, 0.4) is 0 Å². The van der Waals surface area contributed by atoms with Crippen LogP contribution in [-0.4, -0.2) is 30.0 Å². The van der Waals surface area contributed by atoms with Crippen LogP contribution in [0, 0.1) is 5.82 Å². The molecule has 0 fully saturated rings. The van der Waals surface area contributed by atoms with E-state index in [1.54, 1.807) is 19.1 Å². The van der Waals surface area contributed by atoms with Crippen LogP contribution in [0.4, 0.5) is 10.1 Å². The number of rotatable bonds is 6. The van der Waals surface area contributed by atoms with Gasteiger partial charge in [-0.3, -0.25) is 9.59 Å². The minimum absolute atomic E-state index is 0.160. The molecule has 6 heteroatoms. The number of para-hydroxylation sites is 1. The molecule has 0 aliphatic carbocycles. The second-order valence-corrected chi connectivity index (χ2v) is 5.26. The standard InChI is InChI=1S/C13H16FNO3S/c1-9(19-8-7-12(16)18-2)13(17)15-11-6-4-3-5-10(11)14/h3-6,9H,7-8H2,1-2H3,(H,15,17)/t9-/m1/s1. The van der Waals surface area contributed by atoms with E-state index < -0.39 is 5.82 Å². The molecule has 0 spiro atoms. The Kier molecular flexibility index (Phi) is 6.35. The molecule has 0 saturated heterocycles. The van der Waals surface area contributed by atoms with Gasteiger partial charge in [-0.1, -0.05) is 12.1 Å². The Hall–Kier alpha value is -1.56. The van der Waals surface area contributed by atoms with E-state index in [0.29, 0.717) is 5.75 Å². The van der Waals surface area contributed by atoms with Gasteiger partial charge in [0, 0.05) is 5.75 Å². The number of carbonyl (C=O) groups is 2. The summed E-state index contributed by atoms with van der Waals surface area (Å²) in [5, 5.41) is 2.14. The van der Waals surface area contributed by atoms with Gasteiger partial charge >= 0.3 is 5.97 Å². The third-order valence-corrected chi connectivity index (χ3v) is 3.56. The number of benzene rings is 1. The van der Waals surface area contributed by atoms with Crippen LogP contribution in [0.15, 0.2) is 24.3 Å². The number of methoxy groups -OCH3 is 1. The Labute approximate surface area is 115 Å². The minimum Gasteiger partial charge on any atom is -0.469 e. The number of ether oxygens (including phenoxy) is 1. The number of amides is 1. The van der Waals surface area contributed by atoms with Crippen molar-refractivity contribution in [2.24, 2.45) is 0 Å². The molecule has 0 radical (unpaired) electrons.